The fourth-order valence-electron chi connectivity index (χ4n) is 2.10. The van der Waals surface area contributed by atoms with Crippen LogP contribution in [0.15, 0.2) is 65.3 Å². The Labute approximate surface area is 136 Å². The lowest BCUT2D eigenvalue weighted by Gasteiger charge is -2.09. The summed E-state index contributed by atoms with van der Waals surface area (Å²) in [6, 6.07) is 16.8. The van der Waals surface area contributed by atoms with Crippen molar-refractivity contribution in [3.05, 3.63) is 65.3 Å². The first-order chi connectivity index (χ1) is 10.7. The maximum absolute atomic E-state index is 12.0. The molecule has 4 nitrogen and oxygen atoms in total. The normalized spacial score (nSPS) is 10.4. The van der Waals surface area contributed by atoms with E-state index in [1.165, 1.54) is 0 Å². The zero-order chi connectivity index (χ0) is 15.4. The van der Waals surface area contributed by atoms with Crippen LogP contribution in [0.5, 0.6) is 5.75 Å². The average Bonchev–Trinajstić information content (AvgIpc) is 2.53. The molecule has 0 bridgehead atoms. The van der Waals surface area contributed by atoms with Gasteiger partial charge < -0.3 is 10.1 Å². The van der Waals surface area contributed by atoms with E-state index in [1.54, 1.807) is 12.3 Å². The number of benzene rings is 2. The summed E-state index contributed by atoms with van der Waals surface area (Å²) in [4.78, 5) is 16.3. The molecule has 0 spiro atoms. The van der Waals surface area contributed by atoms with Crippen LogP contribution in [-0.4, -0.2) is 17.5 Å². The Kier molecular flexibility index (Phi) is 4.34. The minimum Gasteiger partial charge on any atom is -0.484 e. The lowest BCUT2D eigenvalue weighted by molar-refractivity contribution is -0.118. The van der Waals surface area contributed by atoms with Crippen LogP contribution in [0, 0.1) is 0 Å². The van der Waals surface area contributed by atoms with Crippen LogP contribution in [0.25, 0.3) is 10.9 Å². The van der Waals surface area contributed by atoms with Gasteiger partial charge in [-0.05, 0) is 42.5 Å². The number of fused-ring (bicyclic) bond motifs is 1. The molecule has 1 heterocycles. The number of hydrogen-bond acceptors (Lipinski definition) is 3. The van der Waals surface area contributed by atoms with Gasteiger partial charge in [-0.3, -0.25) is 9.78 Å². The molecular weight excluding hydrogens is 344 g/mol. The molecule has 0 aliphatic carbocycles. The standard InChI is InChI=1S/C17H13BrN2O2/c18-12-4-1-5-13(10-12)22-11-17(21)20-16-8-2-7-15-14(16)6-3-9-19-15/h1-10H,11H2,(H,20,21). The van der Waals surface area contributed by atoms with Crippen molar-refractivity contribution in [2.24, 2.45) is 0 Å². The zero-order valence-electron chi connectivity index (χ0n) is 11.6. The van der Waals surface area contributed by atoms with Crippen LogP contribution in [0.2, 0.25) is 0 Å². The van der Waals surface area contributed by atoms with Crippen molar-refractivity contribution in [2.45, 2.75) is 0 Å². The Morgan fingerprint density at radius 1 is 1.14 bits per heavy atom. The fraction of sp³-hybridized carbons (Fsp3) is 0.0588. The molecule has 3 rings (SSSR count). The molecule has 5 heteroatoms. The Balaban J connectivity index is 1.68. The molecule has 2 aromatic carbocycles. The van der Waals surface area contributed by atoms with Gasteiger partial charge in [0.1, 0.15) is 5.75 Å². The SMILES string of the molecule is O=C(COc1cccc(Br)c1)Nc1cccc2ncccc12. The number of nitrogens with one attached hydrogen (secondary N) is 1. The van der Waals surface area contributed by atoms with Crippen LogP contribution in [-0.2, 0) is 4.79 Å². The second-order valence-electron chi connectivity index (χ2n) is 4.67. The molecule has 0 unspecified atom stereocenters. The molecule has 0 atom stereocenters. The topological polar surface area (TPSA) is 51.2 Å². The first-order valence-electron chi connectivity index (χ1n) is 6.74. The van der Waals surface area contributed by atoms with Crippen LogP contribution < -0.4 is 10.1 Å². The third-order valence-electron chi connectivity index (χ3n) is 3.09. The van der Waals surface area contributed by atoms with Gasteiger partial charge in [-0.15, -0.1) is 0 Å². The fourth-order valence-corrected chi connectivity index (χ4v) is 2.48. The molecule has 0 saturated heterocycles. The van der Waals surface area contributed by atoms with E-state index in [1.807, 2.05) is 48.5 Å². The summed E-state index contributed by atoms with van der Waals surface area (Å²) in [5.41, 5.74) is 1.57. The van der Waals surface area contributed by atoms with Crippen molar-refractivity contribution in [2.75, 3.05) is 11.9 Å². The van der Waals surface area contributed by atoms with Gasteiger partial charge >= 0.3 is 0 Å². The number of aromatic nitrogens is 1. The van der Waals surface area contributed by atoms with E-state index in [9.17, 15) is 4.79 Å². The monoisotopic (exact) mass is 356 g/mol. The minimum atomic E-state index is -0.212. The second-order valence-corrected chi connectivity index (χ2v) is 5.59. The highest BCUT2D eigenvalue weighted by molar-refractivity contribution is 9.10. The average molecular weight is 357 g/mol. The highest BCUT2D eigenvalue weighted by Gasteiger charge is 2.07. The molecule has 1 amide bonds. The number of carbonyl (C=O) groups excluding carboxylic acids is 1. The minimum absolute atomic E-state index is 0.0485. The van der Waals surface area contributed by atoms with Gasteiger partial charge in [-0.2, -0.15) is 0 Å². The van der Waals surface area contributed by atoms with Crippen LogP contribution in [0.4, 0.5) is 5.69 Å². The highest BCUT2D eigenvalue weighted by Crippen LogP contribution is 2.21. The van der Waals surface area contributed by atoms with Gasteiger partial charge in [0.05, 0.1) is 11.2 Å². The first-order valence-corrected chi connectivity index (χ1v) is 7.53. The summed E-state index contributed by atoms with van der Waals surface area (Å²) in [6.07, 6.45) is 1.73. The van der Waals surface area contributed by atoms with Gasteiger partial charge in [-0.1, -0.05) is 28.1 Å². The van der Waals surface area contributed by atoms with Gasteiger partial charge in [0.25, 0.3) is 5.91 Å². The van der Waals surface area contributed by atoms with Crippen molar-refractivity contribution >= 4 is 38.4 Å². The first kappa shape index (κ1) is 14.5. The molecule has 0 radical (unpaired) electrons. The molecule has 0 saturated carbocycles. The summed E-state index contributed by atoms with van der Waals surface area (Å²) >= 11 is 3.36. The summed E-state index contributed by atoms with van der Waals surface area (Å²) in [7, 11) is 0. The summed E-state index contributed by atoms with van der Waals surface area (Å²) in [5.74, 6) is 0.431. The van der Waals surface area contributed by atoms with Crippen molar-refractivity contribution in [1.29, 1.82) is 0 Å². The van der Waals surface area contributed by atoms with E-state index in [0.717, 1.165) is 21.1 Å². The van der Waals surface area contributed by atoms with E-state index in [0.29, 0.717) is 5.75 Å². The number of amides is 1. The summed E-state index contributed by atoms with van der Waals surface area (Å²) in [6.45, 7) is -0.0485. The van der Waals surface area contributed by atoms with Crippen LogP contribution >= 0.6 is 15.9 Å². The zero-order valence-corrected chi connectivity index (χ0v) is 13.2. The summed E-state index contributed by atoms with van der Waals surface area (Å²) < 4.78 is 6.38. The molecule has 22 heavy (non-hydrogen) atoms. The number of anilines is 1. The van der Waals surface area contributed by atoms with E-state index in [2.05, 4.69) is 26.2 Å². The van der Waals surface area contributed by atoms with Gasteiger partial charge in [0, 0.05) is 16.1 Å². The van der Waals surface area contributed by atoms with Crippen molar-refractivity contribution in [3.8, 4) is 5.75 Å². The van der Waals surface area contributed by atoms with E-state index in [-0.39, 0.29) is 12.5 Å². The largest absolute Gasteiger partial charge is 0.484 e. The van der Waals surface area contributed by atoms with Crippen LogP contribution in [0.3, 0.4) is 0 Å². The molecule has 0 aliphatic heterocycles. The molecule has 1 aromatic heterocycles. The van der Waals surface area contributed by atoms with E-state index < -0.39 is 0 Å². The van der Waals surface area contributed by atoms with Gasteiger partial charge in [-0.25, -0.2) is 0 Å². The Morgan fingerprint density at radius 3 is 2.86 bits per heavy atom. The van der Waals surface area contributed by atoms with Gasteiger partial charge in [0.15, 0.2) is 6.61 Å². The number of pyridine rings is 1. The third-order valence-corrected chi connectivity index (χ3v) is 3.58. The quantitative estimate of drug-likeness (QED) is 0.768. The molecule has 3 aromatic rings. The second kappa shape index (κ2) is 6.58. The smallest absolute Gasteiger partial charge is 0.262 e. The number of rotatable bonds is 4. The Hall–Kier alpha value is -2.40. The lowest BCUT2D eigenvalue weighted by Crippen LogP contribution is -2.20. The number of hydrogen-bond donors (Lipinski definition) is 1. The Morgan fingerprint density at radius 2 is 2.00 bits per heavy atom. The molecule has 0 fully saturated rings. The highest BCUT2D eigenvalue weighted by atomic mass is 79.9. The van der Waals surface area contributed by atoms with E-state index in [4.69, 9.17) is 4.74 Å². The molecular formula is C17H13BrN2O2. The Bertz CT molecular complexity index is 815. The van der Waals surface area contributed by atoms with Crippen molar-refractivity contribution in [3.63, 3.8) is 0 Å². The number of ether oxygens (including phenoxy) is 1. The van der Waals surface area contributed by atoms with Crippen molar-refractivity contribution in [1.82, 2.24) is 4.98 Å². The number of halogens is 1. The van der Waals surface area contributed by atoms with Gasteiger partial charge in [0.2, 0.25) is 0 Å². The summed E-state index contributed by atoms with van der Waals surface area (Å²) in [5, 5.41) is 3.76. The molecule has 1 N–H and O–H groups in total. The predicted molar refractivity (Wildman–Crippen MR) is 90.0 cm³/mol. The number of nitrogens with zero attached hydrogens (tertiary/aromatic N) is 1. The number of carbonyl (C=O) groups is 1. The lowest BCUT2D eigenvalue weighted by atomic mass is 10.2. The molecule has 0 aliphatic rings. The molecule has 110 valence electrons. The maximum Gasteiger partial charge on any atom is 0.262 e. The third kappa shape index (κ3) is 3.43. The van der Waals surface area contributed by atoms with Crippen LogP contribution in [0.1, 0.15) is 0 Å². The van der Waals surface area contributed by atoms with Crippen molar-refractivity contribution < 1.29 is 9.53 Å². The maximum atomic E-state index is 12.0. The predicted octanol–water partition coefficient (Wildman–Crippen LogP) is 4.01. The van der Waals surface area contributed by atoms with E-state index >= 15 is 0 Å².